The van der Waals surface area contributed by atoms with Gasteiger partial charge in [0.25, 0.3) is 5.91 Å². The summed E-state index contributed by atoms with van der Waals surface area (Å²) in [4.78, 5) is 29.2. The molecule has 3 aliphatic rings. The molecule has 190 valence electrons. The summed E-state index contributed by atoms with van der Waals surface area (Å²) >= 11 is 0. The molecule has 37 heavy (non-hydrogen) atoms. The maximum atomic E-state index is 13.9. The molecule has 3 aliphatic heterocycles. The maximum Gasteiger partial charge on any atom is 0.254 e. The average molecular weight is 501 g/mol. The zero-order valence-electron chi connectivity index (χ0n) is 20.7. The zero-order valence-corrected chi connectivity index (χ0v) is 20.7. The third-order valence-electron chi connectivity index (χ3n) is 7.38. The summed E-state index contributed by atoms with van der Waals surface area (Å²) in [7, 11) is 3.19. The Kier molecular flexibility index (Phi) is 5.87. The minimum Gasteiger partial charge on any atom is -0.493 e. The number of benzene rings is 3. The van der Waals surface area contributed by atoms with E-state index in [-0.39, 0.29) is 24.5 Å². The fourth-order valence-corrected chi connectivity index (χ4v) is 5.62. The number of carbonyl (C=O) groups excluding carboxylic acids is 2. The summed E-state index contributed by atoms with van der Waals surface area (Å²) in [6, 6.07) is 18.3. The van der Waals surface area contributed by atoms with Crippen LogP contribution in [0.5, 0.6) is 23.0 Å². The van der Waals surface area contributed by atoms with E-state index < -0.39 is 12.0 Å². The number of amides is 2. The van der Waals surface area contributed by atoms with E-state index in [1.54, 1.807) is 20.3 Å². The second kappa shape index (κ2) is 9.35. The van der Waals surface area contributed by atoms with Gasteiger partial charge in [0.05, 0.1) is 32.7 Å². The molecule has 6 rings (SSSR count). The van der Waals surface area contributed by atoms with Crippen LogP contribution in [0.15, 0.2) is 60.7 Å². The van der Waals surface area contributed by atoms with E-state index in [9.17, 15) is 9.59 Å². The zero-order chi connectivity index (χ0) is 25.5. The van der Waals surface area contributed by atoms with Crippen molar-refractivity contribution in [2.45, 2.75) is 24.5 Å². The van der Waals surface area contributed by atoms with Crippen molar-refractivity contribution in [1.29, 1.82) is 0 Å². The van der Waals surface area contributed by atoms with Gasteiger partial charge in [0.15, 0.2) is 23.0 Å². The number of hydrogen-bond acceptors (Lipinski definition) is 6. The van der Waals surface area contributed by atoms with Crippen molar-refractivity contribution >= 4 is 11.8 Å². The first kappa shape index (κ1) is 23.2. The first-order valence-electron chi connectivity index (χ1n) is 12.4. The molecule has 0 saturated carbocycles. The molecule has 0 bridgehead atoms. The van der Waals surface area contributed by atoms with Gasteiger partial charge in [0.1, 0.15) is 12.7 Å². The van der Waals surface area contributed by atoms with Crippen molar-refractivity contribution in [2.24, 2.45) is 0 Å². The third-order valence-corrected chi connectivity index (χ3v) is 7.38. The number of ether oxygens (including phenoxy) is 4. The Morgan fingerprint density at radius 1 is 1.00 bits per heavy atom. The van der Waals surface area contributed by atoms with Crippen molar-refractivity contribution < 1.29 is 28.5 Å². The number of para-hydroxylation sites is 2. The van der Waals surface area contributed by atoms with Gasteiger partial charge in [0, 0.05) is 12.1 Å². The lowest BCUT2D eigenvalue weighted by molar-refractivity contribution is -0.124. The van der Waals surface area contributed by atoms with Crippen LogP contribution < -0.4 is 24.3 Å². The largest absolute Gasteiger partial charge is 0.493 e. The minimum absolute atomic E-state index is 0.0642. The standard InChI is InChI=1S/C29H28N2O6/c1-34-24-13-17-11-12-31-27(21(17)14-25(24)35-2)26(19-7-3-4-8-20(19)29(31)33)28(32)30-15-18-16-36-22-9-5-6-10-23(22)37-18/h3-10,13-14,18,26-27H,11-12,15-16H2,1-2H3,(H,30,32). The predicted molar refractivity (Wildman–Crippen MR) is 136 cm³/mol. The molecule has 0 saturated heterocycles. The van der Waals surface area contributed by atoms with E-state index >= 15 is 0 Å². The summed E-state index contributed by atoms with van der Waals surface area (Å²) in [5.74, 6) is 1.74. The Morgan fingerprint density at radius 3 is 2.54 bits per heavy atom. The number of hydrogen-bond donors (Lipinski definition) is 1. The Bertz CT molecular complexity index is 1370. The van der Waals surface area contributed by atoms with Crippen molar-refractivity contribution in [3.05, 3.63) is 82.9 Å². The molecule has 0 spiro atoms. The average Bonchev–Trinajstić information content (AvgIpc) is 2.95. The summed E-state index contributed by atoms with van der Waals surface area (Å²) in [5.41, 5.74) is 3.23. The quantitative estimate of drug-likeness (QED) is 0.577. The highest BCUT2D eigenvalue weighted by molar-refractivity contribution is 6.01. The van der Waals surface area contributed by atoms with Gasteiger partial charge in [-0.2, -0.15) is 0 Å². The SMILES string of the molecule is COc1cc2c(cc1OC)C1C(C(=O)NCC3COc4ccccc4O3)c3ccccc3C(=O)N1CC2. The molecule has 8 heteroatoms. The van der Waals surface area contributed by atoms with Gasteiger partial charge in [-0.3, -0.25) is 9.59 Å². The van der Waals surface area contributed by atoms with Crippen LogP contribution in [0.3, 0.4) is 0 Å². The molecule has 0 radical (unpaired) electrons. The Morgan fingerprint density at radius 2 is 1.73 bits per heavy atom. The highest BCUT2D eigenvalue weighted by Crippen LogP contribution is 2.48. The molecular weight excluding hydrogens is 472 g/mol. The Labute approximate surface area is 215 Å². The fraction of sp³-hybridized carbons (Fsp3) is 0.310. The van der Waals surface area contributed by atoms with Crippen molar-refractivity contribution in [2.75, 3.05) is 33.9 Å². The summed E-state index contributed by atoms with van der Waals surface area (Å²) in [6.07, 6.45) is 0.347. The van der Waals surface area contributed by atoms with Crippen LogP contribution in [0.1, 0.15) is 39.0 Å². The van der Waals surface area contributed by atoms with Gasteiger partial charge in [-0.1, -0.05) is 30.3 Å². The molecule has 3 atom stereocenters. The van der Waals surface area contributed by atoms with Crippen LogP contribution in [0.4, 0.5) is 0 Å². The first-order valence-corrected chi connectivity index (χ1v) is 12.4. The number of methoxy groups -OCH3 is 2. The number of nitrogens with zero attached hydrogens (tertiary/aromatic N) is 1. The topological polar surface area (TPSA) is 86.3 Å². The molecule has 0 aliphatic carbocycles. The van der Waals surface area contributed by atoms with Gasteiger partial charge < -0.3 is 29.2 Å². The van der Waals surface area contributed by atoms with Crippen molar-refractivity contribution in [3.8, 4) is 23.0 Å². The van der Waals surface area contributed by atoms with Crippen LogP contribution in [0.2, 0.25) is 0 Å². The van der Waals surface area contributed by atoms with Gasteiger partial charge in [-0.15, -0.1) is 0 Å². The van der Waals surface area contributed by atoms with Crippen LogP contribution >= 0.6 is 0 Å². The van der Waals surface area contributed by atoms with Gasteiger partial charge in [0.2, 0.25) is 5.91 Å². The Hall–Kier alpha value is -4.20. The predicted octanol–water partition coefficient (Wildman–Crippen LogP) is 3.50. The first-order chi connectivity index (χ1) is 18.1. The second-order valence-corrected chi connectivity index (χ2v) is 9.41. The lowest BCUT2D eigenvalue weighted by atomic mass is 9.75. The molecule has 1 N–H and O–H groups in total. The van der Waals surface area contributed by atoms with Crippen molar-refractivity contribution in [3.63, 3.8) is 0 Å². The Balaban J connectivity index is 1.34. The molecule has 3 aromatic carbocycles. The summed E-state index contributed by atoms with van der Waals surface area (Å²) < 4.78 is 22.9. The third kappa shape index (κ3) is 3.93. The van der Waals surface area contributed by atoms with E-state index in [4.69, 9.17) is 18.9 Å². The van der Waals surface area contributed by atoms with Crippen LogP contribution in [0.25, 0.3) is 0 Å². The number of carbonyl (C=O) groups is 2. The lowest BCUT2D eigenvalue weighted by Crippen LogP contribution is -2.51. The van der Waals surface area contributed by atoms with E-state index in [2.05, 4.69) is 5.32 Å². The van der Waals surface area contributed by atoms with Crippen molar-refractivity contribution in [1.82, 2.24) is 10.2 Å². The van der Waals surface area contributed by atoms with Crippen LogP contribution in [0, 0.1) is 0 Å². The monoisotopic (exact) mass is 500 g/mol. The van der Waals surface area contributed by atoms with E-state index in [0.29, 0.717) is 48.1 Å². The summed E-state index contributed by atoms with van der Waals surface area (Å²) in [6.45, 7) is 1.14. The lowest BCUT2D eigenvalue weighted by Gasteiger charge is -2.45. The minimum atomic E-state index is -0.595. The van der Waals surface area contributed by atoms with E-state index in [1.165, 1.54) is 0 Å². The van der Waals surface area contributed by atoms with E-state index in [1.807, 2.05) is 59.5 Å². The highest BCUT2D eigenvalue weighted by Gasteiger charge is 2.46. The highest BCUT2D eigenvalue weighted by atomic mass is 16.6. The number of fused-ring (bicyclic) bond motifs is 5. The fourth-order valence-electron chi connectivity index (χ4n) is 5.62. The summed E-state index contributed by atoms with van der Waals surface area (Å²) in [5, 5.41) is 3.09. The molecule has 0 fully saturated rings. The molecule has 2 amide bonds. The smallest absolute Gasteiger partial charge is 0.254 e. The molecule has 3 aromatic rings. The molecule has 3 heterocycles. The molecular formula is C29H28N2O6. The molecule has 8 nitrogen and oxygen atoms in total. The van der Waals surface area contributed by atoms with E-state index in [0.717, 1.165) is 16.7 Å². The van der Waals surface area contributed by atoms with Gasteiger partial charge in [-0.25, -0.2) is 0 Å². The van der Waals surface area contributed by atoms with Crippen LogP contribution in [-0.4, -0.2) is 56.7 Å². The second-order valence-electron chi connectivity index (χ2n) is 9.41. The molecule has 0 aromatic heterocycles. The number of nitrogens with one attached hydrogen (secondary N) is 1. The molecule has 3 unspecified atom stereocenters. The van der Waals surface area contributed by atoms with Crippen LogP contribution in [-0.2, 0) is 11.2 Å². The number of rotatable bonds is 5. The van der Waals surface area contributed by atoms with Gasteiger partial charge in [-0.05, 0) is 53.4 Å². The maximum absolute atomic E-state index is 13.9. The van der Waals surface area contributed by atoms with Gasteiger partial charge >= 0.3 is 0 Å². The normalized spacial score (nSPS) is 21.3.